The minimum atomic E-state index is 0.397. The number of aryl methyl sites for hydroxylation is 1. The lowest BCUT2D eigenvalue weighted by Crippen LogP contribution is -2.42. The highest BCUT2D eigenvalue weighted by Crippen LogP contribution is 2.21. The van der Waals surface area contributed by atoms with Gasteiger partial charge in [-0.3, -0.25) is 4.68 Å². The summed E-state index contributed by atoms with van der Waals surface area (Å²) in [7, 11) is 1.95. The first-order chi connectivity index (χ1) is 10.2. The van der Waals surface area contributed by atoms with Crippen molar-refractivity contribution in [1.29, 1.82) is 0 Å². The quantitative estimate of drug-likeness (QED) is 0.872. The Hall–Kier alpha value is -1.76. The maximum Gasteiger partial charge on any atom is 0.149 e. The second-order valence-electron chi connectivity index (χ2n) is 5.26. The molecule has 0 aliphatic carbocycles. The van der Waals surface area contributed by atoms with Crippen molar-refractivity contribution in [3.8, 4) is 0 Å². The van der Waals surface area contributed by atoms with Crippen molar-refractivity contribution in [3.63, 3.8) is 0 Å². The summed E-state index contributed by atoms with van der Waals surface area (Å²) in [4.78, 5) is 2.37. The van der Waals surface area contributed by atoms with E-state index in [1.165, 1.54) is 12.1 Å². The second-order valence-corrected chi connectivity index (χ2v) is 6.09. The summed E-state index contributed by atoms with van der Waals surface area (Å²) in [6.07, 6.45) is 8.32. The fourth-order valence-electron chi connectivity index (χ4n) is 2.62. The van der Waals surface area contributed by atoms with E-state index in [4.69, 9.17) is 0 Å². The third-order valence-electron chi connectivity index (χ3n) is 3.68. The van der Waals surface area contributed by atoms with Crippen LogP contribution in [0.2, 0.25) is 0 Å². The van der Waals surface area contributed by atoms with Crippen molar-refractivity contribution in [3.05, 3.63) is 24.5 Å². The number of thioether (sulfide) groups is 1. The monoisotopic (exact) mass is 304 g/mol. The van der Waals surface area contributed by atoms with Crippen LogP contribution in [0.25, 0.3) is 0 Å². The zero-order valence-corrected chi connectivity index (χ0v) is 13.2. The summed E-state index contributed by atoms with van der Waals surface area (Å²) in [6.45, 7) is 2.05. The van der Waals surface area contributed by atoms with Gasteiger partial charge in [0.05, 0.1) is 11.9 Å². The molecule has 112 valence electrons. The fraction of sp³-hybridized carbons (Fsp3) is 0.500. The predicted molar refractivity (Wildman–Crippen MR) is 85.9 cm³/mol. The predicted octanol–water partition coefficient (Wildman–Crippen LogP) is 2.01. The van der Waals surface area contributed by atoms with Crippen LogP contribution in [0.15, 0.2) is 29.6 Å². The molecular formula is C14H20N6S. The third-order valence-corrected chi connectivity index (χ3v) is 4.32. The van der Waals surface area contributed by atoms with Crippen LogP contribution in [0, 0.1) is 0 Å². The molecule has 1 aliphatic heterocycles. The maximum atomic E-state index is 4.25. The molecule has 3 rings (SSSR count). The molecule has 1 atom stereocenters. The SMILES string of the molecule is CSc1ccc(NC2CCCN(c3cnn(C)c3)C2)nn1. The molecular weight excluding hydrogens is 284 g/mol. The molecule has 21 heavy (non-hydrogen) atoms. The largest absolute Gasteiger partial charge is 0.367 e. The van der Waals surface area contributed by atoms with Crippen molar-refractivity contribution >= 4 is 23.3 Å². The Bertz CT molecular complexity index is 581. The Kier molecular flexibility index (Phi) is 4.28. The number of anilines is 2. The van der Waals surface area contributed by atoms with Crippen molar-refractivity contribution in [2.75, 3.05) is 29.6 Å². The first kappa shape index (κ1) is 14.2. The summed E-state index contributed by atoms with van der Waals surface area (Å²) >= 11 is 1.60. The summed E-state index contributed by atoms with van der Waals surface area (Å²) < 4.78 is 1.85. The highest BCUT2D eigenvalue weighted by atomic mass is 32.2. The van der Waals surface area contributed by atoms with E-state index in [2.05, 4.69) is 31.7 Å². The molecule has 0 spiro atoms. The van der Waals surface area contributed by atoms with Crippen molar-refractivity contribution in [2.24, 2.45) is 7.05 Å². The molecule has 0 radical (unpaired) electrons. The van der Waals surface area contributed by atoms with Crippen molar-refractivity contribution in [2.45, 2.75) is 23.9 Å². The molecule has 1 N–H and O–H groups in total. The van der Waals surface area contributed by atoms with Crippen LogP contribution in [0.3, 0.4) is 0 Å². The van der Waals surface area contributed by atoms with E-state index >= 15 is 0 Å². The lowest BCUT2D eigenvalue weighted by Gasteiger charge is -2.34. The van der Waals surface area contributed by atoms with E-state index < -0.39 is 0 Å². The number of rotatable bonds is 4. The summed E-state index contributed by atoms with van der Waals surface area (Å²) in [5.41, 5.74) is 1.19. The van der Waals surface area contributed by atoms with Gasteiger partial charge in [0.25, 0.3) is 0 Å². The van der Waals surface area contributed by atoms with E-state index in [9.17, 15) is 0 Å². The zero-order valence-electron chi connectivity index (χ0n) is 12.4. The third kappa shape index (κ3) is 3.47. The smallest absolute Gasteiger partial charge is 0.149 e. The Morgan fingerprint density at radius 3 is 2.90 bits per heavy atom. The van der Waals surface area contributed by atoms with Crippen LogP contribution in [-0.2, 0) is 7.05 Å². The van der Waals surface area contributed by atoms with E-state index in [1.54, 1.807) is 11.8 Å². The highest BCUT2D eigenvalue weighted by molar-refractivity contribution is 7.98. The Labute approximate surface area is 128 Å². The zero-order chi connectivity index (χ0) is 14.7. The first-order valence-electron chi connectivity index (χ1n) is 7.12. The molecule has 2 aromatic heterocycles. The van der Waals surface area contributed by atoms with Crippen LogP contribution in [0.5, 0.6) is 0 Å². The fourth-order valence-corrected chi connectivity index (χ4v) is 2.94. The van der Waals surface area contributed by atoms with E-state index in [1.807, 2.05) is 36.3 Å². The molecule has 1 saturated heterocycles. The standard InChI is InChI=1S/C14H20N6S/c1-19-10-12(8-15-19)20-7-3-4-11(9-20)16-13-5-6-14(21-2)18-17-13/h5-6,8,10-11H,3-4,7,9H2,1-2H3,(H,16,17). The van der Waals surface area contributed by atoms with Crippen molar-refractivity contribution in [1.82, 2.24) is 20.0 Å². The molecule has 6 nitrogen and oxygen atoms in total. The number of nitrogens with one attached hydrogen (secondary N) is 1. The normalized spacial score (nSPS) is 18.8. The summed E-state index contributed by atoms with van der Waals surface area (Å²) in [5, 5.41) is 17.1. The van der Waals surface area contributed by atoms with Gasteiger partial charge in [-0.1, -0.05) is 0 Å². The topological polar surface area (TPSA) is 58.9 Å². The molecule has 0 amide bonds. The Balaban J connectivity index is 1.62. The van der Waals surface area contributed by atoms with Crippen LogP contribution >= 0.6 is 11.8 Å². The number of hydrogen-bond acceptors (Lipinski definition) is 6. The molecule has 0 aromatic carbocycles. The molecule has 1 unspecified atom stereocenters. The molecule has 1 aliphatic rings. The second kappa shape index (κ2) is 6.34. The van der Waals surface area contributed by atoms with Gasteiger partial charge >= 0.3 is 0 Å². The molecule has 2 aromatic rings. The van der Waals surface area contributed by atoms with E-state index in [-0.39, 0.29) is 0 Å². The van der Waals surface area contributed by atoms with Crippen LogP contribution in [0.4, 0.5) is 11.5 Å². The van der Waals surface area contributed by atoms with Crippen molar-refractivity contribution < 1.29 is 0 Å². The first-order valence-corrected chi connectivity index (χ1v) is 8.35. The van der Waals surface area contributed by atoms with Gasteiger partial charge in [0.2, 0.25) is 0 Å². The molecule has 0 saturated carbocycles. The number of nitrogens with zero attached hydrogens (tertiary/aromatic N) is 5. The van der Waals surface area contributed by atoms with Gasteiger partial charge in [0.15, 0.2) is 0 Å². The summed E-state index contributed by atoms with van der Waals surface area (Å²) in [5.74, 6) is 0.853. The van der Waals surface area contributed by atoms with Gasteiger partial charge in [0, 0.05) is 32.4 Å². The molecule has 7 heteroatoms. The lowest BCUT2D eigenvalue weighted by atomic mass is 10.1. The molecule has 3 heterocycles. The minimum Gasteiger partial charge on any atom is -0.367 e. The summed E-state index contributed by atoms with van der Waals surface area (Å²) in [6, 6.07) is 4.40. The lowest BCUT2D eigenvalue weighted by molar-refractivity contribution is 0.528. The minimum absolute atomic E-state index is 0.397. The van der Waals surface area contributed by atoms with Gasteiger partial charge in [-0.05, 0) is 31.2 Å². The van der Waals surface area contributed by atoms with Gasteiger partial charge in [0.1, 0.15) is 10.8 Å². The Morgan fingerprint density at radius 1 is 1.33 bits per heavy atom. The molecule has 0 bridgehead atoms. The highest BCUT2D eigenvalue weighted by Gasteiger charge is 2.21. The van der Waals surface area contributed by atoms with E-state index in [0.29, 0.717) is 6.04 Å². The average molecular weight is 304 g/mol. The number of aromatic nitrogens is 4. The average Bonchev–Trinajstić information content (AvgIpc) is 2.95. The van der Waals surface area contributed by atoms with Gasteiger partial charge in [-0.2, -0.15) is 5.10 Å². The van der Waals surface area contributed by atoms with E-state index in [0.717, 1.165) is 30.4 Å². The van der Waals surface area contributed by atoms with Gasteiger partial charge < -0.3 is 10.2 Å². The molecule has 1 fully saturated rings. The number of hydrogen-bond donors (Lipinski definition) is 1. The van der Waals surface area contributed by atoms with Gasteiger partial charge in [-0.15, -0.1) is 22.0 Å². The van der Waals surface area contributed by atoms with Gasteiger partial charge in [-0.25, -0.2) is 0 Å². The maximum absolute atomic E-state index is 4.25. The Morgan fingerprint density at radius 2 is 2.24 bits per heavy atom. The number of piperidine rings is 1. The van der Waals surface area contributed by atoms with Crippen LogP contribution in [0.1, 0.15) is 12.8 Å². The van der Waals surface area contributed by atoms with Crippen LogP contribution < -0.4 is 10.2 Å². The van der Waals surface area contributed by atoms with Crippen LogP contribution in [-0.4, -0.2) is 45.4 Å².